The summed E-state index contributed by atoms with van der Waals surface area (Å²) in [5.41, 5.74) is 1.25. The first-order valence-electron chi connectivity index (χ1n) is 6.53. The highest BCUT2D eigenvalue weighted by Gasteiger charge is 2.28. The van der Waals surface area contributed by atoms with Crippen LogP contribution < -0.4 is 0 Å². The summed E-state index contributed by atoms with van der Waals surface area (Å²) in [6, 6.07) is 10.5. The fourth-order valence-electron chi connectivity index (χ4n) is 2.26. The Kier molecular flexibility index (Phi) is 6.68. The first kappa shape index (κ1) is 14.6. The third-order valence-electron chi connectivity index (χ3n) is 3.51. The van der Waals surface area contributed by atoms with E-state index in [1.165, 1.54) is 23.5 Å². The largest absolute Gasteiger partial charge is 0.395 e. The molecule has 1 atom stereocenters. The van der Waals surface area contributed by atoms with Crippen LogP contribution in [0.3, 0.4) is 0 Å². The molecule has 0 spiro atoms. The summed E-state index contributed by atoms with van der Waals surface area (Å²) >= 11 is 1.98. The van der Waals surface area contributed by atoms with Crippen LogP contribution in [0.1, 0.15) is 38.7 Å². The summed E-state index contributed by atoms with van der Waals surface area (Å²) in [5.74, 6) is 2.38. The molecule has 0 aliphatic rings. The molecule has 1 rings (SSSR count). The lowest BCUT2D eigenvalue weighted by molar-refractivity contribution is 0.178. The molecule has 0 aliphatic carbocycles. The van der Waals surface area contributed by atoms with Crippen LogP contribution in [0.15, 0.2) is 30.3 Å². The van der Waals surface area contributed by atoms with E-state index in [2.05, 4.69) is 38.1 Å². The molecule has 0 aliphatic heterocycles. The summed E-state index contributed by atoms with van der Waals surface area (Å²) < 4.78 is 0. The molecule has 0 saturated heterocycles. The molecule has 1 nitrogen and oxygen atoms in total. The number of rotatable bonds is 8. The van der Waals surface area contributed by atoms with Gasteiger partial charge in [0.25, 0.3) is 0 Å². The molecule has 1 N–H and O–H groups in total. The minimum Gasteiger partial charge on any atom is -0.395 e. The fourth-order valence-corrected chi connectivity index (χ4v) is 2.89. The molecular formula is C15H24OS. The lowest BCUT2D eigenvalue weighted by Crippen LogP contribution is -2.30. The standard InChI is InChI=1S/C15H24OS/c1-3-15(13-16,11-8-12-17-4-2)14-9-6-5-7-10-14/h5-7,9-10,16H,3-4,8,11-13H2,1-2H3. The first-order chi connectivity index (χ1) is 8.29. The molecule has 96 valence electrons. The Hall–Kier alpha value is -0.470. The summed E-state index contributed by atoms with van der Waals surface area (Å²) in [5, 5.41) is 9.78. The molecule has 1 unspecified atom stereocenters. The van der Waals surface area contributed by atoms with Crippen molar-refractivity contribution >= 4 is 11.8 Å². The second-order valence-corrected chi connectivity index (χ2v) is 5.85. The zero-order valence-electron chi connectivity index (χ0n) is 11.0. The third-order valence-corrected chi connectivity index (χ3v) is 4.50. The van der Waals surface area contributed by atoms with E-state index >= 15 is 0 Å². The van der Waals surface area contributed by atoms with Crippen molar-refractivity contribution in [3.05, 3.63) is 35.9 Å². The van der Waals surface area contributed by atoms with Crippen molar-refractivity contribution in [2.24, 2.45) is 0 Å². The van der Waals surface area contributed by atoms with E-state index < -0.39 is 0 Å². The Bertz CT molecular complexity index is 293. The average molecular weight is 252 g/mol. The normalized spacial score (nSPS) is 14.5. The van der Waals surface area contributed by atoms with Gasteiger partial charge in [-0.1, -0.05) is 44.2 Å². The van der Waals surface area contributed by atoms with Crippen molar-refractivity contribution in [2.75, 3.05) is 18.1 Å². The van der Waals surface area contributed by atoms with E-state index in [1.807, 2.05) is 17.8 Å². The number of benzene rings is 1. The van der Waals surface area contributed by atoms with Crippen molar-refractivity contribution < 1.29 is 5.11 Å². The molecule has 0 radical (unpaired) electrons. The first-order valence-corrected chi connectivity index (χ1v) is 7.68. The number of aliphatic hydroxyl groups excluding tert-OH is 1. The van der Waals surface area contributed by atoms with E-state index in [-0.39, 0.29) is 12.0 Å². The van der Waals surface area contributed by atoms with Crippen LogP contribution in [-0.2, 0) is 5.41 Å². The number of hydrogen-bond donors (Lipinski definition) is 1. The molecule has 0 saturated carbocycles. The van der Waals surface area contributed by atoms with Crippen LogP contribution in [0.25, 0.3) is 0 Å². The molecule has 1 aromatic carbocycles. The number of thioether (sulfide) groups is 1. The van der Waals surface area contributed by atoms with Crippen LogP contribution in [0, 0.1) is 0 Å². The maximum absolute atomic E-state index is 9.78. The highest BCUT2D eigenvalue weighted by Crippen LogP contribution is 2.32. The topological polar surface area (TPSA) is 20.2 Å². The van der Waals surface area contributed by atoms with Crippen LogP contribution in [-0.4, -0.2) is 23.2 Å². The van der Waals surface area contributed by atoms with Gasteiger partial charge in [-0.15, -0.1) is 0 Å². The minimum atomic E-state index is -0.0322. The Morgan fingerprint density at radius 2 is 1.88 bits per heavy atom. The Morgan fingerprint density at radius 1 is 1.18 bits per heavy atom. The van der Waals surface area contributed by atoms with Gasteiger partial charge in [0.1, 0.15) is 0 Å². The van der Waals surface area contributed by atoms with Gasteiger partial charge >= 0.3 is 0 Å². The monoisotopic (exact) mass is 252 g/mol. The summed E-state index contributed by atoms with van der Waals surface area (Å²) in [6.45, 7) is 4.63. The molecular weight excluding hydrogens is 228 g/mol. The molecule has 17 heavy (non-hydrogen) atoms. The van der Waals surface area contributed by atoms with Gasteiger partial charge in [-0.05, 0) is 36.3 Å². The van der Waals surface area contributed by atoms with E-state index in [0.29, 0.717) is 0 Å². The highest BCUT2D eigenvalue weighted by molar-refractivity contribution is 7.99. The third kappa shape index (κ3) is 4.04. The van der Waals surface area contributed by atoms with Gasteiger partial charge in [-0.3, -0.25) is 0 Å². The molecule has 0 heterocycles. The fraction of sp³-hybridized carbons (Fsp3) is 0.600. The van der Waals surface area contributed by atoms with Crippen molar-refractivity contribution in [1.29, 1.82) is 0 Å². The van der Waals surface area contributed by atoms with Crippen molar-refractivity contribution in [3.63, 3.8) is 0 Å². The molecule has 0 bridgehead atoms. The lowest BCUT2D eigenvalue weighted by atomic mass is 9.75. The van der Waals surface area contributed by atoms with E-state index in [1.54, 1.807) is 0 Å². The molecule has 0 fully saturated rings. The molecule has 0 amide bonds. The number of aliphatic hydroxyl groups is 1. The number of hydrogen-bond acceptors (Lipinski definition) is 2. The Balaban J connectivity index is 2.68. The zero-order chi connectivity index (χ0) is 12.6. The summed E-state index contributed by atoms with van der Waals surface area (Å²) in [4.78, 5) is 0. The molecule has 1 aromatic rings. The quantitative estimate of drug-likeness (QED) is 0.709. The van der Waals surface area contributed by atoms with Gasteiger partial charge < -0.3 is 5.11 Å². The average Bonchev–Trinajstić information content (AvgIpc) is 2.41. The Morgan fingerprint density at radius 3 is 2.41 bits per heavy atom. The summed E-state index contributed by atoms with van der Waals surface area (Å²) in [6.07, 6.45) is 3.27. The highest BCUT2D eigenvalue weighted by atomic mass is 32.2. The van der Waals surface area contributed by atoms with Gasteiger partial charge in [0.05, 0.1) is 6.61 Å². The Labute approximate surface area is 110 Å². The van der Waals surface area contributed by atoms with Crippen molar-refractivity contribution in [1.82, 2.24) is 0 Å². The van der Waals surface area contributed by atoms with Crippen LogP contribution in [0.4, 0.5) is 0 Å². The van der Waals surface area contributed by atoms with E-state index in [9.17, 15) is 5.11 Å². The van der Waals surface area contributed by atoms with Crippen molar-refractivity contribution in [2.45, 2.75) is 38.5 Å². The maximum atomic E-state index is 9.78. The molecule has 2 heteroatoms. The van der Waals surface area contributed by atoms with E-state index in [0.717, 1.165) is 12.8 Å². The predicted molar refractivity (Wildman–Crippen MR) is 77.7 cm³/mol. The van der Waals surface area contributed by atoms with Crippen molar-refractivity contribution in [3.8, 4) is 0 Å². The van der Waals surface area contributed by atoms with Gasteiger partial charge in [0.2, 0.25) is 0 Å². The minimum absolute atomic E-state index is 0.0322. The second-order valence-electron chi connectivity index (χ2n) is 4.46. The second kappa shape index (κ2) is 7.78. The zero-order valence-corrected chi connectivity index (χ0v) is 11.8. The van der Waals surface area contributed by atoms with Gasteiger partial charge in [0, 0.05) is 5.41 Å². The predicted octanol–water partition coefficient (Wildman–Crippen LogP) is 3.86. The maximum Gasteiger partial charge on any atom is 0.0527 e. The van der Waals surface area contributed by atoms with Gasteiger partial charge in [-0.2, -0.15) is 11.8 Å². The molecule has 0 aromatic heterocycles. The van der Waals surface area contributed by atoms with E-state index in [4.69, 9.17) is 0 Å². The van der Waals surface area contributed by atoms with Crippen LogP contribution in [0.2, 0.25) is 0 Å². The van der Waals surface area contributed by atoms with Crippen LogP contribution in [0.5, 0.6) is 0 Å². The van der Waals surface area contributed by atoms with Gasteiger partial charge in [-0.25, -0.2) is 0 Å². The smallest absolute Gasteiger partial charge is 0.0527 e. The van der Waals surface area contributed by atoms with Crippen LogP contribution >= 0.6 is 11.8 Å². The summed E-state index contributed by atoms with van der Waals surface area (Å²) in [7, 11) is 0. The lowest BCUT2D eigenvalue weighted by Gasteiger charge is -2.31. The van der Waals surface area contributed by atoms with Gasteiger partial charge in [0.15, 0.2) is 0 Å². The SMILES string of the molecule is CCSCCCC(CC)(CO)c1ccccc1.